The Morgan fingerprint density at radius 3 is 2.83 bits per heavy atom. The van der Waals surface area contributed by atoms with Gasteiger partial charge in [0, 0.05) is 17.1 Å². The van der Waals surface area contributed by atoms with Crippen molar-refractivity contribution in [3.05, 3.63) is 52.2 Å². The molecule has 1 unspecified atom stereocenters. The number of hydrogen-bond acceptors (Lipinski definition) is 3. The van der Waals surface area contributed by atoms with Crippen LogP contribution in [0.1, 0.15) is 28.3 Å². The SMILES string of the molecule is CCN1C(=O)c2ccccc2NC1c1cccs1. The Kier molecular flexibility index (Phi) is 2.80. The Balaban J connectivity index is 2.06. The fourth-order valence-corrected chi connectivity index (χ4v) is 3.08. The van der Waals surface area contributed by atoms with Crippen molar-refractivity contribution in [2.45, 2.75) is 13.1 Å². The molecular formula is C14H14N2OS. The van der Waals surface area contributed by atoms with Crippen molar-refractivity contribution in [3.8, 4) is 0 Å². The van der Waals surface area contributed by atoms with Crippen LogP contribution < -0.4 is 5.32 Å². The van der Waals surface area contributed by atoms with Crippen molar-refractivity contribution in [1.82, 2.24) is 4.90 Å². The van der Waals surface area contributed by atoms with Crippen LogP contribution in [0.5, 0.6) is 0 Å². The quantitative estimate of drug-likeness (QED) is 0.896. The molecule has 4 heteroatoms. The molecule has 0 radical (unpaired) electrons. The van der Waals surface area contributed by atoms with E-state index in [1.54, 1.807) is 11.3 Å². The molecule has 2 heterocycles. The highest BCUT2D eigenvalue weighted by Gasteiger charge is 2.31. The minimum atomic E-state index is -0.0441. The molecule has 1 aromatic carbocycles. The maximum Gasteiger partial charge on any atom is 0.257 e. The van der Waals surface area contributed by atoms with E-state index >= 15 is 0 Å². The van der Waals surface area contributed by atoms with Gasteiger partial charge in [0.15, 0.2) is 0 Å². The summed E-state index contributed by atoms with van der Waals surface area (Å²) in [6.45, 7) is 2.71. The first-order chi connectivity index (χ1) is 8.81. The predicted octanol–water partition coefficient (Wildman–Crippen LogP) is 3.33. The zero-order valence-corrected chi connectivity index (χ0v) is 10.9. The van der Waals surface area contributed by atoms with E-state index in [0.29, 0.717) is 6.54 Å². The molecule has 3 rings (SSSR count). The molecule has 92 valence electrons. The summed E-state index contributed by atoms with van der Waals surface area (Å²) < 4.78 is 0. The summed E-state index contributed by atoms with van der Waals surface area (Å²) in [5.74, 6) is 0.102. The molecule has 1 atom stereocenters. The molecule has 1 amide bonds. The second-order valence-corrected chi connectivity index (χ2v) is 5.18. The van der Waals surface area contributed by atoms with Gasteiger partial charge in [-0.25, -0.2) is 0 Å². The van der Waals surface area contributed by atoms with E-state index in [9.17, 15) is 4.79 Å². The molecule has 0 aliphatic carbocycles. The van der Waals surface area contributed by atoms with Crippen molar-refractivity contribution in [3.63, 3.8) is 0 Å². The fourth-order valence-electron chi connectivity index (χ4n) is 2.29. The lowest BCUT2D eigenvalue weighted by atomic mass is 10.1. The maximum atomic E-state index is 12.4. The highest BCUT2D eigenvalue weighted by Crippen LogP contribution is 2.34. The van der Waals surface area contributed by atoms with Crippen LogP contribution in [0.3, 0.4) is 0 Å². The van der Waals surface area contributed by atoms with Gasteiger partial charge < -0.3 is 10.2 Å². The van der Waals surface area contributed by atoms with Gasteiger partial charge in [-0.05, 0) is 30.5 Å². The average Bonchev–Trinajstić information content (AvgIpc) is 2.92. The highest BCUT2D eigenvalue weighted by atomic mass is 32.1. The summed E-state index contributed by atoms with van der Waals surface area (Å²) in [5.41, 5.74) is 1.68. The Bertz CT molecular complexity index is 565. The normalized spacial score (nSPS) is 18.4. The Hall–Kier alpha value is -1.81. The van der Waals surface area contributed by atoms with E-state index in [2.05, 4.69) is 11.4 Å². The molecule has 2 aromatic rings. The fraction of sp³-hybridized carbons (Fsp3) is 0.214. The first kappa shape index (κ1) is 11.3. The summed E-state index contributed by atoms with van der Waals surface area (Å²) in [7, 11) is 0. The molecule has 0 saturated carbocycles. The number of benzene rings is 1. The minimum Gasteiger partial charge on any atom is -0.360 e. The largest absolute Gasteiger partial charge is 0.360 e. The van der Waals surface area contributed by atoms with E-state index in [4.69, 9.17) is 0 Å². The van der Waals surface area contributed by atoms with Gasteiger partial charge in [0.2, 0.25) is 0 Å². The third-order valence-electron chi connectivity index (χ3n) is 3.18. The number of carbonyl (C=O) groups excluding carboxylic acids is 1. The second-order valence-electron chi connectivity index (χ2n) is 4.20. The van der Waals surface area contributed by atoms with E-state index in [0.717, 1.165) is 11.3 Å². The lowest BCUT2D eigenvalue weighted by molar-refractivity contribution is 0.0697. The topological polar surface area (TPSA) is 32.3 Å². The monoisotopic (exact) mass is 258 g/mol. The number of nitrogens with zero attached hydrogens (tertiary/aromatic N) is 1. The molecule has 1 aliphatic heterocycles. The third kappa shape index (κ3) is 1.69. The lowest BCUT2D eigenvalue weighted by Crippen LogP contribution is -2.42. The summed E-state index contributed by atoms with van der Waals surface area (Å²) in [4.78, 5) is 15.5. The van der Waals surface area contributed by atoms with E-state index in [-0.39, 0.29) is 12.1 Å². The molecule has 18 heavy (non-hydrogen) atoms. The van der Waals surface area contributed by atoms with E-state index < -0.39 is 0 Å². The molecule has 1 aromatic heterocycles. The number of fused-ring (bicyclic) bond motifs is 1. The van der Waals surface area contributed by atoms with Gasteiger partial charge in [0.25, 0.3) is 5.91 Å². The summed E-state index contributed by atoms with van der Waals surface area (Å²) in [5, 5.41) is 5.48. The molecule has 1 N–H and O–H groups in total. The van der Waals surface area contributed by atoms with E-state index in [1.807, 2.05) is 47.5 Å². The van der Waals surface area contributed by atoms with Crippen molar-refractivity contribution in [2.24, 2.45) is 0 Å². The zero-order valence-electron chi connectivity index (χ0n) is 10.1. The standard InChI is InChI=1S/C14H14N2OS/c1-2-16-13(12-8-5-9-18-12)15-11-7-4-3-6-10(11)14(16)17/h3-9,13,15H,2H2,1H3. The van der Waals surface area contributed by atoms with Gasteiger partial charge in [0.1, 0.15) is 6.17 Å². The Labute approximate surface area is 110 Å². The van der Waals surface area contributed by atoms with Crippen molar-refractivity contribution in [1.29, 1.82) is 0 Å². The summed E-state index contributed by atoms with van der Waals surface area (Å²) >= 11 is 1.67. The van der Waals surface area contributed by atoms with Crippen molar-refractivity contribution >= 4 is 22.9 Å². The maximum absolute atomic E-state index is 12.4. The van der Waals surface area contributed by atoms with Gasteiger partial charge >= 0.3 is 0 Å². The van der Waals surface area contributed by atoms with Crippen LogP contribution in [0.2, 0.25) is 0 Å². The highest BCUT2D eigenvalue weighted by molar-refractivity contribution is 7.10. The Morgan fingerprint density at radius 2 is 2.11 bits per heavy atom. The third-order valence-corrected chi connectivity index (χ3v) is 4.10. The Morgan fingerprint density at radius 1 is 1.28 bits per heavy atom. The number of carbonyl (C=O) groups is 1. The first-order valence-electron chi connectivity index (χ1n) is 6.01. The molecule has 0 spiro atoms. The first-order valence-corrected chi connectivity index (χ1v) is 6.89. The number of para-hydroxylation sites is 1. The van der Waals surface area contributed by atoms with Crippen LogP contribution in [0, 0.1) is 0 Å². The second kappa shape index (κ2) is 4.46. The van der Waals surface area contributed by atoms with Crippen LogP contribution in [0.25, 0.3) is 0 Å². The average molecular weight is 258 g/mol. The van der Waals surface area contributed by atoms with Crippen LogP contribution in [0.4, 0.5) is 5.69 Å². The summed E-state index contributed by atoms with van der Waals surface area (Å²) in [6, 6.07) is 11.8. The number of amides is 1. The van der Waals surface area contributed by atoms with Crippen molar-refractivity contribution < 1.29 is 4.79 Å². The number of hydrogen-bond donors (Lipinski definition) is 1. The summed E-state index contributed by atoms with van der Waals surface area (Å²) in [6.07, 6.45) is -0.0441. The molecule has 0 fully saturated rings. The lowest BCUT2D eigenvalue weighted by Gasteiger charge is -2.36. The predicted molar refractivity (Wildman–Crippen MR) is 73.8 cm³/mol. The van der Waals surface area contributed by atoms with Crippen LogP contribution >= 0.6 is 11.3 Å². The van der Waals surface area contributed by atoms with Gasteiger partial charge in [-0.3, -0.25) is 4.79 Å². The molecule has 0 bridgehead atoms. The van der Waals surface area contributed by atoms with Gasteiger partial charge in [-0.15, -0.1) is 11.3 Å². The van der Waals surface area contributed by atoms with E-state index in [1.165, 1.54) is 4.88 Å². The molecule has 1 aliphatic rings. The smallest absolute Gasteiger partial charge is 0.257 e. The van der Waals surface area contributed by atoms with Crippen LogP contribution in [0.15, 0.2) is 41.8 Å². The van der Waals surface area contributed by atoms with Crippen LogP contribution in [-0.4, -0.2) is 17.4 Å². The zero-order chi connectivity index (χ0) is 12.5. The number of nitrogens with one attached hydrogen (secondary N) is 1. The number of anilines is 1. The minimum absolute atomic E-state index is 0.0441. The van der Waals surface area contributed by atoms with Gasteiger partial charge in [0.05, 0.1) is 5.56 Å². The van der Waals surface area contributed by atoms with Gasteiger partial charge in [-0.1, -0.05) is 18.2 Å². The number of thiophene rings is 1. The van der Waals surface area contributed by atoms with Crippen LogP contribution in [-0.2, 0) is 0 Å². The van der Waals surface area contributed by atoms with Gasteiger partial charge in [-0.2, -0.15) is 0 Å². The number of rotatable bonds is 2. The molecule has 0 saturated heterocycles. The molecule has 3 nitrogen and oxygen atoms in total. The van der Waals surface area contributed by atoms with Crippen molar-refractivity contribution in [2.75, 3.05) is 11.9 Å². The molecular weight excluding hydrogens is 244 g/mol.